The molecule has 0 aliphatic carbocycles. The number of para-hydroxylation sites is 1. The van der Waals surface area contributed by atoms with E-state index in [1.165, 1.54) is 36.4 Å². The van der Waals surface area contributed by atoms with Gasteiger partial charge in [-0.3, -0.25) is 14.7 Å². The van der Waals surface area contributed by atoms with E-state index in [0.717, 1.165) is 23.2 Å². The summed E-state index contributed by atoms with van der Waals surface area (Å²) in [5.41, 5.74) is 5.61. The molecule has 0 aliphatic heterocycles. The summed E-state index contributed by atoms with van der Waals surface area (Å²) >= 11 is 5.92. The monoisotopic (exact) mass is 563 g/mol. The minimum Gasteiger partial charge on any atom is -0.351 e. The van der Waals surface area contributed by atoms with Crippen molar-refractivity contribution in [2.75, 3.05) is 4.90 Å². The van der Waals surface area contributed by atoms with E-state index in [0.29, 0.717) is 11.1 Å². The van der Waals surface area contributed by atoms with Gasteiger partial charge in [0.25, 0.3) is 0 Å². The molecule has 0 aliphatic rings. The number of urea groups is 1. The van der Waals surface area contributed by atoms with Crippen molar-refractivity contribution >= 4 is 45.7 Å². The second kappa shape index (κ2) is 10.4. The highest BCUT2D eigenvalue weighted by Crippen LogP contribution is 2.40. The summed E-state index contributed by atoms with van der Waals surface area (Å²) in [6.45, 7) is 0. The van der Waals surface area contributed by atoms with E-state index in [9.17, 15) is 27.2 Å². The molecule has 2 N–H and O–H groups in total. The van der Waals surface area contributed by atoms with Gasteiger partial charge in [0.05, 0.1) is 27.5 Å². The Morgan fingerprint density at radius 1 is 0.850 bits per heavy atom. The summed E-state index contributed by atoms with van der Waals surface area (Å²) in [4.78, 5) is 31.2. The number of carbonyl (C=O) groups is 2. The van der Waals surface area contributed by atoms with E-state index in [1.807, 2.05) is 0 Å². The molecule has 0 saturated heterocycles. The second-order valence-electron chi connectivity index (χ2n) is 8.76. The van der Waals surface area contributed by atoms with Gasteiger partial charge in [-0.1, -0.05) is 66.2 Å². The Morgan fingerprint density at radius 2 is 1.55 bits per heavy atom. The Bertz CT molecular complexity index is 1780. The van der Waals surface area contributed by atoms with Gasteiger partial charge in [0.15, 0.2) is 5.78 Å². The molecule has 4 aromatic carbocycles. The number of halogens is 5. The number of hydrogen-bond acceptors (Lipinski definition) is 3. The molecule has 0 radical (unpaired) electrons. The van der Waals surface area contributed by atoms with Crippen LogP contribution in [0.5, 0.6) is 0 Å². The number of aromatic nitrogens is 1. The molecule has 2 amide bonds. The molecule has 5 aromatic rings. The number of amides is 2. The number of nitrogens with zero attached hydrogens (tertiary/aromatic N) is 2. The topological polar surface area (TPSA) is 76.3 Å². The lowest BCUT2D eigenvalue weighted by Gasteiger charge is -2.22. The van der Waals surface area contributed by atoms with Gasteiger partial charge in [0.2, 0.25) is 0 Å². The van der Waals surface area contributed by atoms with Crippen molar-refractivity contribution in [2.24, 2.45) is 5.73 Å². The van der Waals surface area contributed by atoms with Crippen LogP contribution in [0.15, 0.2) is 97.2 Å². The van der Waals surface area contributed by atoms with Gasteiger partial charge < -0.3 is 5.73 Å². The van der Waals surface area contributed by atoms with Gasteiger partial charge in [-0.15, -0.1) is 0 Å². The quantitative estimate of drug-likeness (QED) is 0.173. The summed E-state index contributed by atoms with van der Waals surface area (Å²) < 4.78 is 55.4. The Balaban J connectivity index is 1.77. The molecule has 5 nitrogen and oxygen atoms in total. The van der Waals surface area contributed by atoms with E-state index >= 15 is 0 Å². The number of pyridine rings is 1. The molecule has 5 rings (SSSR count). The van der Waals surface area contributed by atoms with Crippen LogP contribution in [0, 0.1) is 5.82 Å². The van der Waals surface area contributed by atoms with Gasteiger partial charge in [0, 0.05) is 28.3 Å². The van der Waals surface area contributed by atoms with Crippen LogP contribution in [0.25, 0.3) is 22.0 Å². The number of ketones is 1. The summed E-state index contributed by atoms with van der Waals surface area (Å²) in [6, 6.07) is 20.7. The van der Waals surface area contributed by atoms with Gasteiger partial charge in [-0.2, -0.15) is 13.2 Å². The summed E-state index contributed by atoms with van der Waals surface area (Å²) in [5, 5.41) is -0.153. The number of benzene rings is 4. The molecule has 0 fully saturated rings. The lowest BCUT2D eigenvalue weighted by molar-refractivity contribution is -0.136. The number of anilines is 2. The molecule has 40 heavy (non-hydrogen) atoms. The molecule has 200 valence electrons. The van der Waals surface area contributed by atoms with E-state index in [2.05, 4.69) is 4.98 Å². The standard InChI is InChI=1S/C30H18ClF4N3O2/c31-24-15-20(12-13-25(24)32)38(29(36)40)19-9-4-8-18(14-19)26-21-10-5-11-23(30(33,34)35)27(21)37-16-22(26)28(39)17-6-2-1-3-7-17/h1-16H,(H2,36,40). The van der Waals surface area contributed by atoms with Crippen molar-refractivity contribution in [1.82, 2.24) is 4.98 Å². The van der Waals surface area contributed by atoms with Crippen molar-refractivity contribution in [3.63, 3.8) is 0 Å². The maximum Gasteiger partial charge on any atom is 0.418 e. The third kappa shape index (κ3) is 4.99. The fourth-order valence-electron chi connectivity index (χ4n) is 4.51. The first-order valence-electron chi connectivity index (χ1n) is 11.8. The van der Waals surface area contributed by atoms with Crippen molar-refractivity contribution in [2.45, 2.75) is 6.18 Å². The minimum atomic E-state index is -4.69. The second-order valence-corrected chi connectivity index (χ2v) is 9.17. The summed E-state index contributed by atoms with van der Waals surface area (Å²) in [7, 11) is 0. The third-order valence-electron chi connectivity index (χ3n) is 6.26. The normalized spacial score (nSPS) is 11.4. The van der Waals surface area contributed by atoms with Gasteiger partial charge >= 0.3 is 12.2 Å². The Labute approximate surface area is 230 Å². The number of nitrogens with two attached hydrogens (primary N) is 1. The predicted molar refractivity (Wildman–Crippen MR) is 145 cm³/mol. The van der Waals surface area contributed by atoms with E-state index in [-0.39, 0.29) is 38.4 Å². The SMILES string of the molecule is NC(=O)N(c1cccc(-c2c(C(=O)c3ccccc3)cnc3c(C(F)(F)F)cccc23)c1)c1ccc(F)c(Cl)c1. The van der Waals surface area contributed by atoms with Gasteiger partial charge in [0.1, 0.15) is 5.82 Å². The van der Waals surface area contributed by atoms with Crippen LogP contribution >= 0.6 is 11.6 Å². The number of rotatable bonds is 5. The molecular formula is C30H18ClF4N3O2. The lowest BCUT2D eigenvalue weighted by atomic mass is 9.91. The van der Waals surface area contributed by atoms with E-state index < -0.39 is 29.4 Å². The number of carbonyl (C=O) groups excluding carboxylic acids is 2. The first-order chi connectivity index (χ1) is 19.1. The van der Waals surface area contributed by atoms with Crippen LogP contribution in [0.1, 0.15) is 21.5 Å². The molecule has 0 atom stereocenters. The zero-order valence-corrected chi connectivity index (χ0v) is 21.2. The summed E-state index contributed by atoms with van der Waals surface area (Å²) in [5.74, 6) is -1.15. The fraction of sp³-hybridized carbons (Fsp3) is 0.0333. The fourth-order valence-corrected chi connectivity index (χ4v) is 4.68. The van der Waals surface area contributed by atoms with Crippen LogP contribution in [0.2, 0.25) is 5.02 Å². The Hall–Kier alpha value is -4.76. The molecule has 1 aromatic heterocycles. The number of primary amides is 1. The van der Waals surface area contributed by atoms with E-state index in [4.69, 9.17) is 17.3 Å². The smallest absolute Gasteiger partial charge is 0.351 e. The zero-order chi connectivity index (χ0) is 28.6. The average Bonchev–Trinajstić information content (AvgIpc) is 2.93. The van der Waals surface area contributed by atoms with Crippen LogP contribution in [-0.2, 0) is 6.18 Å². The number of hydrogen-bond donors (Lipinski definition) is 1. The van der Waals surface area contributed by atoms with Crippen molar-refractivity contribution < 1.29 is 27.2 Å². The van der Waals surface area contributed by atoms with Crippen molar-refractivity contribution in [1.29, 1.82) is 0 Å². The van der Waals surface area contributed by atoms with Crippen molar-refractivity contribution in [3.05, 3.63) is 125 Å². The first-order valence-corrected chi connectivity index (χ1v) is 12.2. The highest BCUT2D eigenvalue weighted by molar-refractivity contribution is 6.31. The molecule has 0 unspecified atom stereocenters. The highest BCUT2D eigenvalue weighted by Gasteiger charge is 2.34. The predicted octanol–water partition coefficient (Wildman–Crippen LogP) is 8.16. The number of fused-ring (bicyclic) bond motifs is 1. The largest absolute Gasteiger partial charge is 0.418 e. The molecule has 0 saturated carbocycles. The van der Waals surface area contributed by atoms with Crippen LogP contribution < -0.4 is 10.6 Å². The third-order valence-corrected chi connectivity index (χ3v) is 6.55. The summed E-state index contributed by atoms with van der Waals surface area (Å²) in [6.07, 6.45) is -3.57. The maximum atomic E-state index is 13.9. The Morgan fingerprint density at radius 3 is 2.23 bits per heavy atom. The average molecular weight is 564 g/mol. The molecule has 1 heterocycles. The maximum absolute atomic E-state index is 13.9. The molecule has 0 bridgehead atoms. The van der Waals surface area contributed by atoms with Crippen molar-refractivity contribution in [3.8, 4) is 11.1 Å². The van der Waals surface area contributed by atoms with Gasteiger partial charge in [-0.05, 0) is 42.0 Å². The number of alkyl halides is 3. The van der Waals surface area contributed by atoms with Crippen LogP contribution in [0.3, 0.4) is 0 Å². The first kappa shape index (κ1) is 26.8. The lowest BCUT2D eigenvalue weighted by Crippen LogP contribution is -2.31. The van der Waals surface area contributed by atoms with Crippen LogP contribution in [0.4, 0.5) is 33.7 Å². The molecule has 0 spiro atoms. The molecular weight excluding hydrogens is 546 g/mol. The zero-order valence-electron chi connectivity index (χ0n) is 20.4. The van der Waals surface area contributed by atoms with Gasteiger partial charge in [-0.25, -0.2) is 9.18 Å². The highest BCUT2D eigenvalue weighted by atomic mass is 35.5. The van der Waals surface area contributed by atoms with Crippen LogP contribution in [-0.4, -0.2) is 16.8 Å². The Kier molecular flexibility index (Phi) is 6.99. The minimum absolute atomic E-state index is 0.0608. The van der Waals surface area contributed by atoms with E-state index in [1.54, 1.807) is 42.5 Å². The molecule has 10 heteroatoms.